The molecule has 0 unspecified atom stereocenters. The Morgan fingerprint density at radius 3 is 2.33 bits per heavy atom. The zero-order chi connectivity index (χ0) is 10.9. The molecule has 2 rings (SSSR count). The Balaban J connectivity index is 1.93. The highest BCUT2D eigenvalue weighted by Gasteiger charge is 2.50. The molecule has 1 heteroatoms. The maximum atomic E-state index is 6.29. The Labute approximate surface area is 92.7 Å². The van der Waals surface area contributed by atoms with Crippen LogP contribution in [0.3, 0.4) is 0 Å². The van der Waals surface area contributed by atoms with Crippen LogP contribution >= 0.6 is 0 Å². The Hall–Kier alpha value is -0.820. The summed E-state index contributed by atoms with van der Waals surface area (Å²) in [6.45, 7) is 4.62. The van der Waals surface area contributed by atoms with Gasteiger partial charge in [-0.05, 0) is 36.7 Å². The van der Waals surface area contributed by atoms with Crippen LogP contribution in [0.2, 0.25) is 0 Å². The van der Waals surface area contributed by atoms with Crippen molar-refractivity contribution in [1.29, 1.82) is 0 Å². The van der Waals surface area contributed by atoms with Crippen molar-refractivity contribution in [3.63, 3.8) is 0 Å². The third kappa shape index (κ3) is 2.23. The molecule has 2 N–H and O–H groups in total. The molecule has 1 fully saturated rings. The maximum Gasteiger partial charge on any atom is 0.0207 e. The van der Waals surface area contributed by atoms with Crippen LogP contribution in [0.5, 0.6) is 0 Å². The molecule has 1 aliphatic carbocycles. The van der Waals surface area contributed by atoms with Crippen molar-refractivity contribution in [2.75, 3.05) is 0 Å². The van der Waals surface area contributed by atoms with Crippen molar-refractivity contribution in [3.8, 4) is 0 Å². The fraction of sp³-hybridized carbons (Fsp3) is 0.571. The van der Waals surface area contributed by atoms with Gasteiger partial charge in [-0.25, -0.2) is 0 Å². The quantitative estimate of drug-likeness (QED) is 0.799. The van der Waals surface area contributed by atoms with Crippen LogP contribution in [0.15, 0.2) is 30.3 Å². The number of hydrogen-bond donors (Lipinski definition) is 1. The molecule has 0 atom stereocenters. The van der Waals surface area contributed by atoms with Crippen LogP contribution in [0.25, 0.3) is 0 Å². The van der Waals surface area contributed by atoms with E-state index < -0.39 is 0 Å². The van der Waals surface area contributed by atoms with Gasteiger partial charge in [-0.1, -0.05) is 44.2 Å². The molecular formula is C14H21N. The standard InChI is InChI=1S/C14H21N/c1-13(2,14(15)10-11-14)9-8-12-6-4-3-5-7-12/h3-7H,8-11,15H2,1-2H3. The highest BCUT2D eigenvalue weighted by molar-refractivity contribution is 5.16. The minimum absolute atomic E-state index is 0.127. The van der Waals surface area contributed by atoms with Crippen molar-refractivity contribution in [2.24, 2.45) is 11.1 Å². The van der Waals surface area contributed by atoms with E-state index in [1.54, 1.807) is 0 Å². The van der Waals surface area contributed by atoms with E-state index in [1.165, 1.54) is 24.8 Å². The summed E-state index contributed by atoms with van der Waals surface area (Å²) < 4.78 is 0. The van der Waals surface area contributed by atoms with Crippen LogP contribution in [0, 0.1) is 5.41 Å². The lowest BCUT2D eigenvalue weighted by atomic mass is 9.77. The third-order valence-electron chi connectivity index (χ3n) is 4.02. The molecule has 0 bridgehead atoms. The number of hydrogen-bond acceptors (Lipinski definition) is 1. The monoisotopic (exact) mass is 203 g/mol. The SMILES string of the molecule is CC(C)(CCc1ccccc1)C1(N)CC1. The molecule has 0 amide bonds. The lowest BCUT2D eigenvalue weighted by Gasteiger charge is -2.32. The van der Waals surface area contributed by atoms with Crippen LogP contribution in [-0.4, -0.2) is 5.54 Å². The number of nitrogens with two attached hydrogens (primary N) is 1. The van der Waals surface area contributed by atoms with E-state index in [0.717, 1.165) is 6.42 Å². The maximum absolute atomic E-state index is 6.29. The van der Waals surface area contributed by atoms with Crippen molar-refractivity contribution in [2.45, 2.75) is 45.1 Å². The minimum Gasteiger partial charge on any atom is -0.325 e. The molecule has 82 valence electrons. The fourth-order valence-electron chi connectivity index (χ4n) is 2.16. The summed E-state index contributed by atoms with van der Waals surface area (Å²) in [5.74, 6) is 0. The second-order valence-electron chi connectivity index (χ2n) is 5.53. The van der Waals surface area contributed by atoms with Crippen LogP contribution in [0.4, 0.5) is 0 Å². The lowest BCUT2D eigenvalue weighted by molar-refractivity contribution is 0.245. The first kappa shape index (κ1) is 10.7. The molecule has 0 heterocycles. The first-order valence-electron chi connectivity index (χ1n) is 5.86. The summed E-state index contributed by atoms with van der Waals surface area (Å²) in [5.41, 5.74) is 8.12. The molecular weight excluding hydrogens is 182 g/mol. The van der Waals surface area contributed by atoms with Crippen molar-refractivity contribution < 1.29 is 0 Å². The lowest BCUT2D eigenvalue weighted by Crippen LogP contribution is -2.40. The van der Waals surface area contributed by atoms with Gasteiger partial charge in [0.1, 0.15) is 0 Å². The molecule has 1 nitrogen and oxygen atoms in total. The Morgan fingerprint density at radius 2 is 1.80 bits per heavy atom. The largest absolute Gasteiger partial charge is 0.325 e. The van der Waals surface area contributed by atoms with Gasteiger partial charge < -0.3 is 5.73 Å². The average molecular weight is 203 g/mol. The van der Waals surface area contributed by atoms with Crippen LogP contribution < -0.4 is 5.73 Å². The van der Waals surface area contributed by atoms with Gasteiger partial charge in [0, 0.05) is 5.54 Å². The smallest absolute Gasteiger partial charge is 0.0207 e. The number of rotatable bonds is 4. The van der Waals surface area contributed by atoms with E-state index in [2.05, 4.69) is 44.2 Å². The fourth-order valence-corrected chi connectivity index (χ4v) is 2.16. The summed E-state index contributed by atoms with van der Waals surface area (Å²) in [6, 6.07) is 10.7. The Morgan fingerprint density at radius 1 is 1.20 bits per heavy atom. The summed E-state index contributed by atoms with van der Waals surface area (Å²) in [5, 5.41) is 0. The van der Waals surface area contributed by atoms with Crippen LogP contribution in [-0.2, 0) is 6.42 Å². The van der Waals surface area contributed by atoms with E-state index in [0.29, 0.717) is 0 Å². The van der Waals surface area contributed by atoms with E-state index >= 15 is 0 Å². The van der Waals surface area contributed by atoms with Crippen LogP contribution in [0.1, 0.15) is 38.7 Å². The van der Waals surface area contributed by atoms with E-state index in [4.69, 9.17) is 5.73 Å². The Kier molecular flexibility index (Phi) is 2.59. The van der Waals surface area contributed by atoms with Gasteiger partial charge >= 0.3 is 0 Å². The van der Waals surface area contributed by atoms with Gasteiger partial charge in [0.15, 0.2) is 0 Å². The van der Waals surface area contributed by atoms with E-state index in [9.17, 15) is 0 Å². The minimum atomic E-state index is 0.127. The zero-order valence-corrected chi connectivity index (χ0v) is 9.79. The normalized spacial score (nSPS) is 18.9. The van der Waals surface area contributed by atoms with Crippen molar-refractivity contribution >= 4 is 0 Å². The average Bonchev–Trinajstić information content (AvgIpc) is 2.97. The van der Waals surface area contributed by atoms with Gasteiger partial charge in [0.05, 0.1) is 0 Å². The molecule has 0 radical (unpaired) electrons. The summed E-state index contributed by atoms with van der Waals surface area (Å²) in [6.07, 6.45) is 4.74. The molecule has 15 heavy (non-hydrogen) atoms. The second kappa shape index (κ2) is 3.64. The summed E-state index contributed by atoms with van der Waals surface area (Å²) in [4.78, 5) is 0. The van der Waals surface area contributed by atoms with Gasteiger partial charge in [-0.3, -0.25) is 0 Å². The summed E-state index contributed by atoms with van der Waals surface area (Å²) >= 11 is 0. The molecule has 0 spiro atoms. The highest BCUT2D eigenvalue weighted by Crippen LogP contribution is 2.49. The van der Waals surface area contributed by atoms with E-state index in [-0.39, 0.29) is 11.0 Å². The topological polar surface area (TPSA) is 26.0 Å². The van der Waals surface area contributed by atoms with E-state index in [1.807, 2.05) is 0 Å². The molecule has 0 aliphatic heterocycles. The highest BCUT2D eigenvalue weighted by atomic mass is 14.9. The molecule has 0 aromatic heterocycles. The first-order chi connectivity index (χ1) is 7.04. The molecule has 1 aliphatic rings. The van der Waals surface area contributed by atoms with Gasteiger partial charge in [-0.15, -0.1) is 0 Å². The number of aryl methyl sites for hydroxylation is 1. The second-order valence-corrected chi connectivity index (χ2v) is 5.53. The molecule has 0 saturated heterocycles. The number of benzene rings is 1. The van der Waals surface area contributed by atoms with Gasteiger partial charge in [-0.2, -0.15) is 0 Å². The molecule has 1 aromatic rings. The Bertz CT molecular complexity index is 322. The van der Waals surface area contributed by atoms with Crippen molar-refractivity contribution in [3.05, 3.63) is 35.9 Å². The summed E-state index contributed by atoms with van der Waals surface area (Å²) in [7, 11) is 0. The van der Waals surface area contributed by atoms with Gasteiger partial charge in [0.2, 0.25) is 0 Å². The van der Waals surface area contributed by atoms with Crippen molar-refractivity contribution in [1.82, 2.24) is 0 Å². The predicted molar refractivity (Wildman–Crippen MR) is 64.7 cm³/mol. The van der Waals surface area contributed by atoms with Gasteiger partial charge in [0.25, 0.3) is 0 Å². The first-order valence-corrected chi connectivity index (χ1v) is 5.86. The molecule has 1 aromatic carbocycles. The zero-order valence-electron chi connectivity index (χ0n) is 9.79. The third-order valence-corrected chi connectivity index (χ3v) is 4.02. The molecule has 1 saturated carbocycles. The predicted octanol–water partition coefficient (Wildman–Crippen LogP) is 3.14.